The smallest absolute Gasteiger partial charge is 0.0897 e. The molecule has 0 amide bonds. The molecule has 1 rings (SSSR count). The number of hydrogen-bond donors (Lipinski definition) is 1. The first-order chi connectivity index (χ1) is 7.20. The Morgan fingerprint density at radius 3 is 1.93 bits per heavy atom. The highest BCUT2D eigenvalue weighted by atomic mass is 16.3. The van der Waals surface area contributed by atoms with Gasteiger partial charge < -0.3 is 5.11 Å². The minimum atomic E-state index is 0.347. The molecule has 1 N–H and O–H groups in total. The number of aliphatic hydroxyl groups excluding tert-OH is 1. The average molecular weight is 208 g/mol. The predicted molar refractivity (Wildman–Crippen MR) is 70.2 cm³/mol. The number of aliphatic hydroxyl groups is 1. The Labute approximate surface area is 94.5 Å². The zero-order valence-corrected chi connectivity index (χ0v) is 10.8. The lowest BCUT2D eigenvalue weighted by Gasteiger charge is -1.98. The molecule has 0 bridgehead atoms. The number of allylic oxidation sites excluding steroid dienone is 1. The molecular weight excluding hydrogens is 184 g/mol. The SMILES string of the molecule is C/C(O)=C\c1ccccc1C.CC.CC. The van der Waals surface area contributed by atoms with Gasteiger partial charge in [-0.15, -0.1) is 0 Å². The summed E-state index contributed by atoms with van der Waals surface area (Å²) in [5.41, 5.74) is 2.26. The van der Waals surface area contributed by atoms with Crippen LogP contribution in [-0.2, 0) is 0 Å². The number of hydrogen-bond acceptors (Lipinski definition) is 1. The van der Waals surface area contributed by atoms with Crippen LogP contribution in [0.1, 0.15) is 45.7 Å². The lowest BCUT2D eigenvalue weighted by atomic mass is 10.1. The Bertz CT molecular complexity index is 270. The Morgan fingerprint density at radius 2 is 1.53 bits per heavy atom. The van der Waals surface area contributed by atoms with Gasteiger partial charge in [0.15, 0.2) is 0 Å². The van der Waals surface area contributed by atoms with Crippen LogP contribution >= 0.6 is 0 Å². The van der Waals surface area contributed by atoms with Crippen molar-refractivity contribution >= 4 is 6.08 Å². The fraction of sp³-hybridized carbons (Fsp3) is 0.429. The fourth-order valence-corrected chi connectivity index (χ4v) is 0.974. The van der Waals surface area contributed by atoms with Gasteiger partial charge in [-0.05, 0) is 31.1 Å². The third-order valence-electron chi connectivity index (χ3n) is 1.55. The van der Waals surface area contributed by atoms with Gasteiger partial charge in [0.2, 0.25) is 0 Å². The van der Waals surface area contributed by atoms with Crippen LogP contribution in [0.15, 0.2) is 30.0 Å². The summed E-state index contributed by atoms with van der Waals surface area (Å²) in [4.78, 5) is 0. The third-order valence-corrected chi connectivity index (χ3v) is 1.55. The van der Waals surface area contributed by atoms with E-state index in [1.54, 1.807) is 13.0 Å². The second-order valence-electron chi connectivity index (χ2n) is 2.64. The van der Waals surface area contributed by atoms with Crippen molar-refractivity contribution in [2.45, 2.75) is 41.5 Å². The summed E-state index contributed by atoms with van der Waals surface area (Å²) >= 11 is 0. The Balaban J connectivity index is 0. The monoisotopic (exact) mass is 208 g/mol. The van der Waals surface area contributed by atoms with Crippen LogP contribution in [0.3, 0.4) is 0 Å². The van der Waals surface area contributed by atoms with E-state index in [-0.39, 0.29) is 0 Å². The maximum Gasteiger partial charge on any atom is 0.0897 e. The lowest BCUT2D eigenvalue weighted by Crippen LogP contribution is -1.79. The van der Waals surface area contributed by atoms with Crippen LogP contribution in [0.2, 0.25) is 0 Å². The molecule has 1 aromatic rings. The Kier molecular flexibility index (Phi) is 11.7. The minimum Gasteiger partial charge on any atom is -0.513 e. The van der Waals surface area contributed by atoms with Gasteiger partial charge in [0, 0.05) is 0 Å². The summed E-state index contributed by atoms with van der Waals surface area (Å²) in [5.74, 6) is 0.347. The summed E-state index contributed by atoms with van der Waals surface area (Å²) in [7, 11) is 0. The van der Waals surface area contributed by atoms with Crippen molar-refractivity contribution in [3.05, 3.63) is 41.2 Å². The molecule has 0 aliphatic rings. The van der Waals surface area contributed by atoms with Gasteiger partial charge in [0.05, 0.1) is 5.76 Å². The Morgan fingerprint density at radius 1 is 1.07 bits per heavy atom. The van der Waals surface area contributed by atoms with E-state index < -0.39 is 0 Å². The van der Waals surface area contributed by atoms with Crippen LogP contribution in [0, 0.1) is 6.92 Å². The maximum atomic E-state index is 8.99. The molecule has 1 nitrogen and oxygen atoms in total. The lowest BCUT2D eigenvalue weighted by molar-refractivity contribution is 0.420. The molecule has 15 heavy (non-hydrogen) atoms. The van der Waals surface area contributed by atoms with Gasteiger partial charge >= 0.3 is 0 Å². The second-order valence-corrected chi connectivity index (χ2v) is 2.64. The highest BCUT2D eigenvalue weighted by molar-refractivity contribution is 5.54. The number of benzene rings is 1. The Hall–Kier alpha value is -1.24. The molecule has 0 atom stereocenters. The number of rotatable bonds is 1. The zero-order chi connectivity index (χ0) is 12.3. The zero-order valence-electron chi connectivity index (χ0n) is 10.8. The van der Waals surface area contributed by atoms with Crippen LogP contribution < -0.4 is 0 Å². The molecule has 0 heterocycles. The van der Waals surface area contributed by atoms with Gasteiger partial charge in [0.1, 0.15) is 0 Å². The van der Waals surface area contributed by atoms with E-state index in [9.17, 15) is 0 Å². The van der Waals surface area contributed by atoms with Gasteiger partial charge in [-0.2, -0.15) is 0 Å². The van der Waals surface area contributed by atoms with E-state index in [0.29, 0.717) is 5.76 Å². The van der Waals surface area contributed by atoms with E-state index in [4.69, 9.17) is 5.11 Å². The second kappa shape index (κ2) is 10.8. The molecule has 86 valence electrons. The largest absolute Gasteiger partial charge is 0.513 e. The van der Waals surface area contributed by atoms with Crippen molar-refractivity contribution < 1.29 is 5.11 Å². The maximum absolute atomic E-state index is 8.99. The summed E-state index contributed by atoms with van der Waals surface area (Å²) in [6.45, 7) is 11.7. The highest BCUT2D eigenvalue weighted by Crippen LogP contribution is 2.10. The highest BCUT2D eigenvalue weighted by Gasteiger charge is 1.91. The normalized spacial score (nSPS) is 9.33. The van der Waals surface area contributed by atoms with E-state index in [1.807, 2.05) is 58.9 Å². The molecule has 0 radical (unpaired) electrons. The van der Waals surface area contributed by atoms with Gasteiger partial charge in [-0.1, -0.05) is 52.0 Å². The standard InChI is InChI=1S/C10H12O.2C2H6/c1-8-5-3-4-6-10(8)7-9(2)11;2*1-2/h3-7,11H,1-2H3;2*1-2H3/b9-7+;;. The average Bonchev–Trinajstić information content (AvgIpc) is 2.27. The minimum absolute atomic E-state index is 0.347. The predicted octanol–water partition coefficient (Wildman–Crippen LogP) is 4.97. The van der Waals surface area contributed by atoms with Crippen molar-refractivity contribution in [1.82, 2.24) is 0 Å². The van der Waals surface area contributed by atoms with Crippen molar-refractivity contribution in [3.8, 4) is 0 Å². The summed E-state index contributed by atoms with van der Waals surface area (Å²) < 4.78 is 0. The molecule has 0 aromatic heterocycles. The first-order valence-corrected chi connectivity index (χ1v) is 5.63. The van der Waals surface area contributed by atoms with Crippen LogP contribution in [0.25, 0.3) is 6.08 Å². The first-order valence-electron chi connectivity index (χ1n) is 5.63. The topological polar surface area (TPSA) is 20.2 Å². The van der Waals surface area contributed by atoms with Crippen molar-refractivity contribution in [3.63, 3.8) is 0 Å². The van der Waals surface area contributed by atoms with Crippen molar-refractivity contribution in [2.75, 3.05) is 0 Å². The van der Waals surface area contributed by atoms with E-state index in [1.165, 1.54) is 5.56 Å². The van der Waals surface area contributed by atoms with Gasteiger partial charge in [-0.3, -0.25) is 0 Å². The van der Waals surface area contributed by atoms with Gasteiger partial charge in [0.25, 0.3) is 0 Å². The molecular formula is C14H24O. The summed E-state index contributed by atoms with van der Waals surface area (Å²) in [6.07, 6.45) is 1.76. The summed E-state index contributed by atoms with van der Waals surface area (Å²) in [6, 6.07) is 7.95. The molecule has 0 saturated heterocycles. The molecule has 1 aromatic carbocycles. The van der Waals surface area contributed by atoms with Crippen LogP contribution in [0.4, 0.5) is 0 Å². The van der Waals surface area contributed by atoms with Crippen LogP contribution in [-0.4, -0.2) is 5.11 Å². The van der Waals surface area contributed by atoms with E-state index in [0.717, 1.165) is 5.56 Å². The molecule has 1 heteroatoms. The number of aryl methyl sites for hydroxylation is 1. The van der Waals surface area contributed by atoms with Gasteiger partial charge in [-0.25, -0.2) is 0 Å². The molecule has 0 unspecified atom stereocenters. The fourth-order valence-electron chi connectivity index (χ4n) is 0.974. The van der Waals surface area contributed by atoms with Crippen molar-refractivity contribution in [1.29, 1.82) is 0 Å². The van der Waals surface area contributed by atoms with E-state index in [2.05, 4.69) is 0 Å². The molecule has 0 spiro atoms. The summed E-state index contributed by atoms with van der Waals surface area (Å²) in [5, 5.41) is 8.99. The van der Waals surface area contributed by atoms with E-state index >= 15 is 0 Å². The third kappa shape index (κ3) is 7.80. The molecule has 0 aliphatic carbocycles. The molecule has 0 aliphatic heterocycles. The van der Waals surface area contributed by atoms with Crippen LogP contribution in [0.5, 0.6) is 0 Å². The van der Waals surface area contributed by atoms with Crippen molar-refractivity contribution in [2.24, 2.45) is 0 Å². The first kappa shape index (κ1) is 16.2. The quantitative estimate of drug-likeness (QED) is 0.646. The molecule has 0 saturated carbocycles. The molecule has 0 fully saturated rings.